The second-order valence-electron chi connectivity index (χ2n) is 6.07. The van der Waals surface area contributed by atoms with Gasteiger partial charge in [0.15, 0.2) is 0 Å². The molecule has 2 fully saturated rings. The monoisotopic (exact) mass is 297 g/mol. The molecule has 0 aromatic rings. The number of nitrogens with two attached hydrogens (primary N) is 1. The largest absolute Gasteiger partial charge is 0.393 e. The number of amides is 1. The Balaban J connectivity index is 1.90. The van der Waals surface area contributed by atoms with Crippen molar-refractivity contribution in [2.45, 2.75) is 51.5 Å². The lowest BCUT2D eigenvalue weighted by molar-refractivity contribution is -0.132. The Morgan fingerprint density at radius 3 is 2.60 bits per heavy atom. The Morgan fingerprint density at radius 1 is 1.30 bits per heavy atom. The summed E-state index contributed by atoms with van der Waals surface area (Å²) in [5, 5.41) is 0. The van der Waals surface area contributed by atoms with Gasteiger partial charge in [-0.2, -0.15) is 0 Å². The summed E-state index contributed by atoms with van der Waals surface area (Å²) in [6.45, 7) is 6.18. The molecule has 0 bridgehead atoms. The van der Waals surface area contributed by atoms with E-state index >= 15 is 0 Å². The van der Waals surface area contributed by atoms with Crippen molar-refractivity contribution in [3.63, 3.8) is 0 Å². The zero-order chi connectivity index (χ0) is 14.5. The normalized spacial score (nSPS) is 25.6. The van der Waals surface area contributed by atoms with E-state index in [2.05, 4.69) is 11.8 Å². The molecule has 2 aliphatic heterocycles. The standard InChI is InChI=1S/C15H27N3OS/c1-2-6-13(14(16)20)15(19)18-10-7-12(11-18)17-8-4-3-5-9-17/h12-13H,2-11H2,1H3,(H2,16,20). The number of hydrogen-bond acceptors (Lipinski definition) is 3. The van der Waals surface area contributed by atoms with Crippen LogP contribution in [0.25, 0.3) is 0 Å². The number of carbonyl (C=O) groups is 1. The summed E-state index contributed by atoms with van der Waals surface area (Å²) in [5.74, 6) is -0.103. The Labute approximate surface area is 127 Å². The summed E-state index contributed by atoms with van der Waals surface area (Å²) in [4.78, 5) is 17.5. The highest BCUT2D eigenvalue weighted by Crippen LogP contribution is 2.22. The van der Waals surface area contributed by atoms with E-state index in [0.717, 1.165) is 32.4 Å². The van der Waals surface area contributed by atoms with Gasteiger partial charge in [-0.25, -0.2) is 0 Å². The van der Waals surface area contributed by atoms with Gasteiger partial charge in [-0.05, 0) is 38.8 Å². The molecule has 2 saturated heterocycles. The van der Waals surface area contributed by atoms with Crippen molar-refractivity contribution in [3.05, 3.63) is 0 Å². The highest BCUT2D eigenvalue weighted by atomic mass is 32.1. The maximum Gasteiger partial charge on any atom is 0.232 e. The van der Waals surface area contributed by atoms with Gasteiger partial charge < -0.3 is 10.6 Å². The van der Waals surface area contributed by atoms with Crippen molar-refractivity contribution < 1.29 is 4.79 Å². The van der Waals surface area contributed by atoms with E-state index < -0.39 is 0 Å². The molecular formula is C15H27N3OS. The third-order valence-electron chi connectivity index (χ3n) is 4.60. The summed E-state index contributed by atoms with van der Waals surface area (Å²) < 4.78 is 0. The molecule has 20 heavy (non-hydrogen) atoms. The Morgan fingerprint density at radius 2 is 2.00 bits per heavy atom. The lowest BCUT2D eigenvalue weighted by atomic mass is 10.0. The topological polar surface area (TPSA) is 49.6 Å². The molecule has 2 atom stereocenters. The first-order valence-electron chi connectivity index (χ1n) is 7.95. The van der Waals surface area contributed by atoms with Crippen molar-refractivity contribution in [2.75, 3.05) is 26.2 Å². The van der Waals surface area contributed by atoms with Crippen LogP contribution in [0.15, 0.2) is 0 Å². The van der Waals surface area contributed by atoms with Crippen LogP contribution >= 0.6 is 12.2 Å². The van der Waals surface area contributed by atoms with E-state index in [0.29, 0.717) is 11.0 Å². The van der Waals surface area contributed by atoms with Gasteiger partial charge in [-0.3, -0.25) is 9.69 Å². The third kappa shape index (κ3) is 3.70. The maximum absolute atomic E-state index is 12.5. The first-order chi connectivity index (χ1) is 9.63. The number of carbonyl (C=O) groups excluding carboxylic acids is 1. The average Bonchev–Trinajstić information content (AvgIpc) is 2.94. The SMILES string of the molecule is CCCC(C(=O)N1CCC(N2CCCCC2)C1)C(N)=S. The number of rotatable bonds is 5. The van der Waals surface area contributed by atoms with Crippen LogP contribution in [-0.4, -0.2) is 52.9 Å². The van der Waals surface area contributed by atoms with Gasteiger partial charge in [0.25, 0.3) is 0 Å². The molecule has 0 aliphatic carbocycles. The van der Waals surface area contributed by atoms with Crippen LogP contribution in [0.4, 0.5) is 0 Å². The van der Waals surface area contributed by atoms with Gasteiger partial charge in [0.05, 0.1) is 10.9 Å². The summed E-state index contributed by atoms with van der Waals surface area (Å²) in [6, 6.07) is 0.549. The van der Waals surface area contributed by atoms with E-state index in [-0.39, 0.29) is 11.8 Å². The van der Waals surface area contributed by atoms with E-state index in [1.54, 1.807) is 0 Å². The van der Waals surface area contributed by atoms with Crippen LogP contribution in [-0.2, 0) is 4.79 Å². The predicted octanol–water partition coefficient (Wildman–Crippen LogP) is 1.78. The minimum absolute atomic E-state index is 0.152. The number of likely N-dealkylation sites (tertiary alicyclic amines) is 2. The Kier molecular flexibility index (Phi) is 5.78. The minimum atomic E-state index is -0.255. The van der Waals surface area contributed by atoms with Crippen molar-refractivity contribution in [1.82, 2.24) is 9.80 Å². The molecule has 2 rings (SSSR count). The molecule has 0 radical (unpaired) electrons. The molecule has 1 amide bonds. The molecule has 5 heteroatoms. The lowest BCUT2D eigenvalue weighted by Crippen LogP contribution is -2.44. The smallest absolute Gasteiger partial charge is 0.232 e. The fourth-order valence-electron chi connectivity index (χ4n) is 3.42. The molecule has 2 N–H and O–H groups in total. The quantitative estimate of drug-likeness (QED) is 0.786. The zero-order valence-electron chi connectivity index (χ0n) is 12.5. The molecule has 0 aromatic carbocycles. The van der Waals surface area contributed by atoms with E-state index in [9.17, 15) is 4.79 Å². The summed E-state index contributed by atoms with van der Waals surface area (Å²) in [5.41, 5.74) is 5.74. The second-order valence-corrected chi connectivity index (χ2v) is 6.54. The van der Waals surface area contributed by atoms with E-state index in [4.69, 9.17) is 18.0 Å². The molecule has 0 saturated carbocycles. The van der Waals surface area contributed by atoms with Crippen LogP contribution in [0.1, 0.15) is 45.4 Å². The number of nitrogens with zero attached hydrogens (tertiary/aromatic N) is 2. The van der Waals surface area contributed by atoms with Crippen molar-refractivity contribution in [3.8, 4) is 0 Å². The average molecular weight is 297 g/mol. The number of hydrogen-bond donors (Lipinski definition) is 1. The molecule has 2 aliphatic rings. The Hall–Kier alpha value is -0.680. The second kappa shape index (κ2) is 7.36. The fourth-order valence-corrected chi connectivity index (χ4v) is 3.64. The van der Waals surface area contributed by atoms with Gasteiger partial charge in [0.1, 0.15) is 0 Å². The van der Waals surface area contributed by atoms with Gasteiger partial charge in [0.2, 0.25) is 5.91 Å². The van der Waals surface area contributed by atoms with Crippen LogP contribution in [0, 0.1) is 5.92 Å². The zero-order valence-corrected chi connectivity index (χ0v) is 13.3. The van der Waals surface area contributed by atoms with E-state index in [1.807, 2.05) is 4.90 Å². The number of piperidine rings is 1. The highest BCUT2D eigenvalue weighted by molar-refractivity contribution is 7.80. The lowest BCUT2D eigenvalue weighted by Gasteiger charge is -2.32. The molecule has 0 spiro atoms. The van der Waals surface area contributed by atoms with Crippen LogP contribution in [0.2, 0.25) is 0 Å². The highest BCUT2D eigenvalue weighted by Gasteiger charge is 2.34. The minimum Gasteiger partial charge on any atom is -0.393 e. The first-order valence-corrected chi connectivity index (χ1v) is 8.36. The predicted molar refractivity (Wildman–Crippen MR) is 85.6 cm³/mol. The van der Waals surface area contributed by atoms with Crippen molar-refractivity contribution in [1.29, 1.82) is 0 Å². The molecular weight excluding hydrogens is 270 g/mol. The van der Waals surface area contributed by atoms with E-state index in [1.165, 1.54) is 32.4 Å². The molecule has 2 heterocycles. The summed E-state index contributed by atoms with van der Waals surface area (Å²) >= 11 is 5.07. The van der Waals surface area contributed by atoms with Crippen LogP contribution < -0.4 is 5.73 Å². The van der Waals surface area contributed by atoms with Gasteiger partial charge in [-0.1, -0.05) is 32.0 Å². The summed E-state index contributed by atoms with van der Waals surface area (Å²) in [6.07, 6.45) is 6.77. The Bertz CT molecular complexity index is 355. The van der Waals surface area contributed by atoms with Crippen molar-refractivity contribution in [2.24, 2.45) is 11.7 Å². The third-order valence-corrected chi connectivity index (χ3v) is 4.89. The van der Waals surface area contributed by atoms with Gasteiger partial charge in [0, 0.05) is 19.1 Å². The maximum atomic E-state index is 12.5. The first kappa shape index (κ1) is 15.7. The number of thiocarbonyl (C=S) groups is 1. The van der Waals surface area contributed by atoms with Gasteiger partial charge >= 0.3 is 0 Å². The molecule has 114 valence electrons. The van der Waals surface area contributed by atoms with Gasteiger partial charge in [-0.15, -0.1) is 0 Å². The molecule has 2 unspecified atom stereocenters. The molecule has 4 nitrogen and oxygen atoms in total. The molecule has 0 aromatic heterocycles. The fraction of sp³-hybridized carbons (Fsp3) is 0.867. The summed E-state index contributed by atoms with van der Waals surface area (Å²) in [7, 11) is 0. The van der Waals surface area contributed by atoms with Crippen molar-refractivity contribution >= 4 is 23.1 Å². The van der Waals surface area contributed by atoms with Crippen LogP contribution in [0.3, 0.4) is 0 Å². The van der Waals surface area contributed by atoms with Crippen LogP contribution in [0.5, 0.6) is 0 Å².